The largest absolute Gasteiger partial charge is 0.341 e. The molecule has 1 aliphatic carbocycles. The van der Waals surface area contributed by atoms with E-state index >= 15 is 0 Å². The molecule has 1 aliphatic rings. The zero-order valence-corrected chi connectivity index (χ0v) is 13.0. The highest BCUT2D eigenvalue weighted by Crippen LogP contribution is 2.38. The Kier molecular flexibility index (Phi) is 3.18. The molecule has 19 heavy (non-hydrogen) atoms. The summed E-state index contributed by atoms with van der Waals surface area (Å²) in [5.74, 6) is 1.05. The first kappa shape index (κ1) is 13.1. The summed E-state index contributed by atoms with van der Waals surface area (Å²) in [6, 6.07) is 4.40. The summed E-state index contributed by atoms with van der Waals surface area (Å²) in [7, 11) is 0. The molecular weight excluding hydrogens is 302 g/mol. The third-order valence-corrected chi connectivity index (χ3v) is 5.02. The quantitative estimate of drug-likeness (QED) is 0.839. The van der Waals surface area contributed by atoms with E-state index < -0.39 is 0 Å². The zero-order chi connectivity index (χ0) is 13.6. The van der Waals surface area contributed by atoms with E-state index in [-0.39, 0.29) is 11.5 Å². The van der Waals surface area contributed by atoms with Crippen LogP contribution in [0.15, 0.2) is 16.6 Å². The number of nitrogens with one attached hydrogen (secondary N) is 1. The van der Waals surface area contributed by atoms with Gasteiger partial charge in [-0.1, -0.05) is 35.7 Å². The lowest BCUT2D eigenvalue weighted by atomic mass is 9.71. The first-order valence-electron chi connectivity index (χ1n) is 6.92. The molecule has 1 saturated carbocycles. The number of nitrogens with two attached hydrogens (primary N) is 1. The van der Waals surface area contributed by atoms with E-state index in [9.17, 15) is 0 Å². The number of fused-ring (bicyclic) bond motifs is 1. The standard InChI is InChI=1S/C15H20BrN3/c1-9-7-10(16)8-11-13(9)19-14(18-11)15(2)6-4-3-5-12(15)17/h7-8,12H,3-6,17H2,1-2H3,(H,18,19). The van der Waals surface area contributed by atoms with Gasteiger partial charge in [0.1, 0.15) is 5.82 Å². The number of hydrogen-bond acceptors (Lipinski definition) is 2. The molecule has 2 unspecified atom stereocenters. The number of halogens is 1. The summed E-state index contributed by atoms with van der Waals surface area (Å²) >= 11 is 3.54. The lowest BCUT2D eigenvalue weighted by molar-refractivity contribution is 0.260. The van der Waals surface area contributed by atoms with Crippen molar-refractivity contribution in [3.8, 4) is 0 Å². The Bertz CT molecular complexity index is 619. The zero-order valence-electron chi connectivity index (χ0n) is 11.5. The van der Waals surface area contributed by atoms with Crippen LogP contribution in [0.2, 0.25) is 0 Å². The molecule has 0 saturated heterocycles. The minimum absolute atomic E-state index is 0.0177. The maximum atomic E-state index is 6.37. The van der Waals surface area contributed by atoms with Crippen molar-refractivity contribution in [2.24, 2.45) is 5.73 Å². The third kappa shape index (κ3) is 2.11. The number of rotatable bonds is 1. The summed E-state index contributed by atoms with van der Waals surface area (Å²) in [4.78, 5) is 8.34. The monoisotopic (exact) mass is 321 g/mol. The molecule has 1 aromatic heterocycles. The van der Waals surface area contributed by atoms with Crippen molar-refractivity contribution in [3.63, 3.8) is 0 Å². The smallest absolute Gasteiger partial charge is 0.114 e. The van der Waals surface area contributed by atoms with Gasteiger partial charge in [0.05, 0.1) is 11.0 Å². The summed E-state index contributed by atoms with van der Waals surface area (Å²) in [5.41, 5.74) is 9.71. The second kappa shape index (κ2) is 4.60. The minimum Gasteiger partial charge on any atom is -0.341 e. The van der Waals surface area contributed by atoms with Crippen LogP contribution in [0.5, 0.6) is 0 Å². The van der Waals surface area contributed by atoms with Gasteiger partial charge in [0.2, 0.25) is 0 Å². The van der Waals surface area contributed by atoms with Gasteiger partial charge in [-0.05, 0) is 37.5 Å². The van der Waals surface area contributed by atoms with Crippen LogP contribution < -0.4 is 5.73 Å². The van der Waals surface area contributed by atoms with E-state index in [1.54, 1.807) is 0 Å². The van der Waals surface area contributed by atoms with Gasteiger partial charge in [-0.15, -0.1) is 0 Å². The predicted octanol–water partition coefficient (Wildman–Crippen LogP) is 3.79. The number of nitrogens with zero attached hydrogens (tertiary/aromatic N) is 1. The van der Waals surface area contributed by atoms with Gasteiger partial charge in [-0.25, -0.2) is 4.98 Å². The Labute approximate surface area is 122 Å². The first-order valence-corrected chi connectivity index (χ1v) is 7.72. The summed E-state index contributed by atoms with van der Waals surface area (Å²) in [6.45, 7) is 4.35. The Hall–Kier alpha value is -0.870. The van der Waals surface area contributed by atoms with Crippen molar-refractivity contribution >= 4 is 27.0 Å². The van der Waals surface area contributed by atoms with Crippen molar-refractivity contribution < 1.29 is 0 Å². The van der Waals surface area contributed by atoms with Crippen LogP contribution in [0.3, 0.4) is 0 Å². The molecule has 3 rings (SSSR count). The van der Waals surface area contributed by atoms with Crippen LogP contribution >= 0.6 is 15.9 Å². The molecule has 102 valence electrons. The first-order chi connectivity index (χ1) is 9.00. The molecule has 2 atom stereocenters. The maximum Gasteiger partial charge on any atom is 0.114 e. The van der Waals surface area contributed by atoms with Crippen LogP contribution in [0.4, 0.5) is 0 Å². The van der Waals surface area contributed by atoms with Gasteiger partial charge in [0.15, 0.2) is 0 Å². The highest BCUT2D eigenvalue weighted by atomic mass is 79.9. The molecule has 1 heterocycles. The minimum atomic E-state index is -0.0177. The molecule has 0 spiro atoms. The molecular formula is C15H20BrN3. The van der Waals surface area contributed by atoms with Crippen LogP contribution in [0.25, 0.3) is 11.0 Å². The van der Waals surface area contributed by atoms with Crippen molar-refractivity contribution in [2.45, 2.75) is 51.0 Å². The molecule has 2 aromatic rings. The van der Waals surface area contributed by atoms with Crippen molar-refractivity contribution in [1.29, 1.82) is 0 Å². The van der Waals surface area contributed by atoms with Gasteiger partial charge in [0.25, 0.3) is 0 Å². The van der Waals surface area contributed by atoms with Gasteiger partial charge in [-0.2, -0.15) is 0 Å². The summed E-state index contributed by atoms with van der Waals surface area (Å²) < 4.78 is 1.09. The average Bonchev–Trinajstić information content (AvgIpc) is 2.77. The van der Waals surface area contributed by atoms with E-state index in [0.29, 0.717) is 0 Å². The number of aromatic amines is 1. The highest BCUT2D eigenvalue weighted by molar-refractivity contribution is 9.10. The number of aryl methyl sites for hydroxylation is 1. The molecule has 0 bridgehead atoms. The molecule has 0 aliphatic heterocycles. The fraction of sp³-hybridized carbons (Fsp3) is 0.533. The SMILES string of the molecule is Cc1cc(Br)cc2[nH]c(C3(C)CCCCC3N)nc12. The van der Waals surface area contributed by atoms with Gasteiger partial charge in [0, 0.05) is 15.9 Å². The Morgan fingerprint density at radius 3 is 2.95 bits per heavy atom. The topological polar surface area (TPSA) is 54.7 Å². The predicted molar refractivity (Wildman–Crippen MR) is 82.3 cm³/mol. The van der Waals surface area contributed by atoms with Gasteiger partial charge >= 0.3 is 0 Å². The van der Waals surface area contributed by atoms with E-state index in [1.165, 1.54) is 18.4 Å². The highest BCUT2D eigenvalue weighted by Gasteiger charge is 2.38. The van der Waals surface area contributed by atoms with Crippen LogP contribution in [0, 0.1) is 6.92 Å². The van der Waals surface area contributed by atoms with Crippen LogP contribution in [-0.4, -0.2) is 16.0 Å². The molecule has 1 fully saturated rings. The van der Waals surface area contributed by atoms with E-state index in [2.05, 4.69) is 46.9 Å². The average molecular weight is 322 g/mol. The van der Waals surface area contributed by atoms with Crippen molar-refractivity contribution in [3.05, 3.63) is 28.0 Å². The van der Waals surface area contributed by atoms with E-state index in [0.717, 1.165) is 34.2 Å². The number of aromatic nitrogens is 2. The van der Waals surface area contributed by atoms with Crippen LogP contribution in [-0.2, 0) is 5.41 Å². The summed E-state index contributed by atoms with van der Waals surface area (Å²) in [6.07, 6.45) is 4.69. The summed E-state index contributed by atoms with van der Waals surface area (Å²) in [5, 5.41) is 0. The molecule has 3 N–H and O–H groups in total. The normalized spacial score (nSPS) is 27.9. The molecule has 0 radical (unpaired) electrons. The second-order valence-corrected chi connectivity index (χ2v) is 6.89. The second-order valence-electron chi connectivity index (χ2n) is 5.97. The number of H-pyrrole nitrogens is 1. The fourth-order valence-corrected chi connectivity index (χ4v) is 3.74. The van der Waals surface area contributed by atoms with E-state index in [4.69, 9.17) is 10.7 Å². The van der Waals surface area contributed by atoms with Gasteiger partial charge in [-0.3, -0.25) is 0 Å². The lowest BCUT2D eigenvalue weighted by Gasteiger charge is -2.37. The third-order valence-electron chi connectivity index (χ3n) is 4.56. The maximum absolute atomic E-state index is 6.37. The van der Waals surface area contributed by atoms with Crippen LogP contribution in [0.1, 0.15) is 44.0 Å². The van der Waals surface area contributed by atoms with E-state index in [1.807, 2.05) is 0 Å². The number of benzene rings is 1. The number of hydrogen-bond donors (Lipinski definition) is 2. The Morgan fingerprint density at radius 1 is 1.42 bits per heavy atom. The molecule has 0 amide bonds. The molecule has 4 heteroatoms. The van der Waals surface area contributed by atoms with Gasteiger partial charge < -0.3 is 10.7 Å². The van der Waals surface area contributed by atoms with Crippen molar-refractivity contribution in [1.82, 2.24) is 9.97 Å². The lowest BCUT2D eigenvalue weighted by Crippen LogP contribution is -2.46. The fourth-order valence-electron chi connectivity index (χ4n) is 3.17. The molecule has 3 nitrogen and oxygen atoms in total. The Morgan fingerprint density at radius 2 is 2.21 bits per heavy atom. The van der Waals surface area contributed by atoms with Crippen molar-refractivity contribution in [2.75, 3.05) is 0 Å². The number of imidazole rings is 1. The Balaban J connectivity index is 2.12. The molecule has 1 aromatic carbocycles.